The summed E-state index contributed by atoms with van der Waals surface area (Å²) in [6.45, 7) is 4.01. The molecule has 1 aliphatic rings. The third-order valence-electron chi connectivity index (χ3n) is 4.34. The van der Waals surface area contributed by atoms with Crippen molar-refractivity contribution in [3.8, 4) is 0 Å². The highest BCUT2D eigenvalue weighted by Gasteiger charge is 2.36. The molecule has 1 fully saturated rings. The number of hydrogen-bond acceptors (Lipinski definition) is 3. The van der Waals surface area contributed by atoms with Gasteiger partial charge in [0.2, 0.25) is 5.91 Å². The number of halogens is 5. The first-order chi connectivity index (χ1) is 12.0. The largest absolute Gasteiger partial charge is 0.401 e. The van der Waals surface area contributed by atoms with Gasteiger partial charge >= 0.3 is 6.18 Å². The van der Waals surface area contributed by atoms with Crippen molar-refractivity contribution >= 4 is 34.8 Å². The van der Waals surface area contributed by atoms with Crippen LogP contribution in [-0.4, -0.2) is 60.6 Å². The lowest BCUT2D eigenvalue weighted by atomic mass is 9.99. The number of nitrogens with one attached hydrogen (secondary N) is 1. The van der Waals surface area contributed by atoms with Crippen LogP contribution in [0.5, 0.6) is 0 Å². The minimum absolute atomic E-state index is 0.0888. The van der Waals surface area contributed by atoms with Gasteiger partial charge in [0.15, 0.2) is 0 Å². The van der Waals surface area contributed by atoms with Gasteiger partial charge in [-0.05, 0) is 24.1 Å². The van der Waals surface area contributed by atoms with Gasteiger partial charge in [0, 0.05) is 30.7 Å². The maximum atomic E-state index is 12.6. The summed E-state index contributed by atoms with van der Waals surface area (Å²) in [7, 11) is 0. The first-order valence-electron chi connectivity index (χ1n) is 8.33. The van der Waals surface area contributed by atoms with Gasteiger partial charge < -0.3 is 5.32 Å². The number of anilines is 1. The Hall–Kier alpha value is -1.02. The number of alkyl halides is 3. The van der Waals surface area contributed by atoms with Crippen molar-refractivity contribution in [3.63, 3.8) is 0 Å². The summed E-state index contributed by atoms with van der Waals surface area (Å²) in [5, 5.41) is 3.54. The summed E-state index contributed by atoms with van der Waals surface area (Å²) in [4.78, 5) is 15.7. The smallest absolute Gasteiger partial charge is 0.324 e. The monoisotopic (exact) mass is 411 g/mol. The lowest BCUT2D eigenvalue weighted by Gasteiger charge is -2.43. The van der Waals surface area contributed by atoms with Crippen LogP contribution in [0.15, 0.2) is 18.2 Å². The van der Waals surface area contributed by atoms with Gasteiger partial charge in [0.05, 0.1) is 23.8 Å². The fourth-order valence-corrected chi connectivity index (χ4v) is 3.44. The molecule has 9 heteroatoms. The number of benzene rings is 1. The van der Waals surface area contributed by atoms with E-state index in [4.69, 9.17) is 23.2 Å². The molecule has 0 spiro atoms. The molecule has 0 radical (unpaired) electrons. The van der Waals surface area contributed by atoms with E-state index < -0.39 is 12.7 Å². The van der Waals surface area contributed by atoms with Crippen LogP contribution in [-0.2, 0) is 4.79 Å². The fourth-order valence-electron chi connectivity index (χ4n) is 3.10. The number of amides is 1. The summed E-state index contributed by atoms with van der Waals surface area (Å²) in [6, 6.07) is 4.63. The minimum Gasteiger partial charge on any atom is -0.324 e. The molecule has 1 N–H and O–H groups in total. The third kappa shape index (κ3) is 6.30. The molecule has 26 heavy (non-hydrogen) atoms. The average Bonchev–Trinajstić information content (AvgIpc) is 2.50. The number of hydrogen-bond donors (Lipinski definition) is 1. The summed E-state index contributed by atoms with van der Waals surface area (Å²) >= 11 is 12.0. The Labute approximate surface area is 161 Å². The molecule has 1 aromatic rings. The highest BCUT2D eigenvalue weighted by atomic mass is 35.5. The van der Waals surface area contributed by atoms with Crippen LogP contribution >= 0.6 is 23.2 Å². The molecule has 1 aromatic carbocycles. The normalized spacial score (nSPS) is 19.8. The van der Waals surface area contributed by atoms with E-state index >= 15 is 0 Å². The highest BCUT2D eigenvalue weighted by molar-refractivity contribution is 6.35. The topological polar surface area (TPSA) is 35.6 Å². The van der Waals surface area contributed by atoms with Gasteiger partial charge in [-0.2, -0.15) is 13.2 Å². The maximum absolute atomic E-state index is 12.6. The number of rotatable bonds is 5. The van der Waals surface area contributed by atoms with E-state index in [1.807, 2.05) is 18.7 Å². The Kier molecular flexibility index (Phi) is 7.19. The highest BCUT2D eigenvalue weighted by Crippen LogP contribution is 2.26. The molecule has 0 aliphatic carbocycles. The Morgan fingerprint density at radius 1 is 1.31 bits per heavy atom. The van der Waals surface area contributed by atoms with E-state index in [0.29, 0.717) is 22.3 Å². The van der Waals surface area contributed by atoms with Gasteiger partial charge in [-0.1, -0.05) is 37.0 Å². The second-order valence-corrected chi connectivity index (χ2v) is 7.65. The number of piperazine rings is 1. The molecule has 0 unspecified atom stereocenters. The fraction of sp³-hybridized carbons (Fsp3) is 0.588. The van der Waals surface area contributed by atoms with Crippen LogP contribution < -0.4 is 5.32 Å². The Bertz CT molecular complexity index is 640. The molecule has 2 rings (SSSR count). The zero-order valence-corrected chi connectivity index (χ0v) is 16.1. The second-order valence-electron chi connectivity index (χ2n) is 6.80. The van der Waals surface area contributed by atoms with Crippen molar-refractivity contribution in [1.29, 1.82) is 0 Å². The minimum atomic E-state index is -4.22. The number of carbonyl (C=O) groups excluding carboxylic acids is 1. The van der Waals surface area contributed by atoms with Crippen LogP contribution in [0.3, 0.4) is 0 Å². The maximum Gasteiger partial charge on any atom is 0.401 e. The predicted molar refractivity (Wildman–Crippen MR) is 97.8 cm³/mol. The zero-order chi connectivity index (χ0) is 19.5. The summed E-state index contributed by atoms with van der Waals surface area (Å²) in [6.07, 6.45) is -4.22. The summed E-state index contributed by atoms with van der Waals surface area (Å²) < 4.78 is 37.9. The molecule has 1 atom stereocenters. The molecule has 0 bridgehead atoms. The average molecular weight is 412 g/mol. The lowest BCUT2D eigenvalue weighted by Crippen LogP contribution is -2.58. The molecule has 0 saturated carbocycles. The Morgan fingerprint density at radius 3 is 2.62 bits per heavy atom. The molecule has 1 saturated heterocycles. The van der Waals surface area contributed by atoms with Crippen LogP contribution in [0.4, 0.5) is 18.9 Å². The quantitative estimate of drug-likeness (QED) is 0.790. The SMILES string of the molecule is CC(C)[C@H]1CN(CC(F)(F)F)CCN1CC(=O)Nc1cc(Cl)ccc1Cl. The third-order valence-corrected chi connectivity index (χ3v) is 4.90. The molecule has 1 amide bonds. The number of carbonyl (C=O) groups is 1. The molecular weight excluding hydrogens is 390 g/mol. The molecule has 0 aromatic heterocycles. The van der Waals surface area contributed by atoms with Crippen molar-refractivity contribution in [1.82, 2.24) is 9.80 Å². The second kappa shape index (κ2) is 8.78. The van der Waals surface area contributed by atoms with Crippen LogP contribution in [0.25, 0.3) is 0 Å². The van der Waals surface area contributed by atoms with Crippen molar-refractivity contribution in [3.05, 3.63) is 28.2 Å². The first kappa shape index (κ1) is 21.3. The van der Waals surface area contributed by atoms with Crippen LogP contribution in [0.2, 0.25) is 10.0 Å². The molecule has 146 valence electrons. The number of nitrogens with zero attached hydrogens (tertiary/aromatic N) is 2. The van der Waals surface area contributed by atoms with E-state index in [0.717, 1.165) is 0 Å². The predicted octanol–water partition coefficient (Wildman–Crippen LogP) is 4.14. The van der Waals surface area contributed by atoms with E-state index in [9.17, 15) is 18.0 Å². The van der Waals surface area contributed by atoms with Crippen molar-refractivity contribution in [2.45, 2.75) is 26.1 Å². The van der Waals surface area contributed by atoms with E-state index in [1.54, 1.807) is 18.2 Å². The van der Waals surface area contributed by atoms with Gasteiger partial charge in [-0.25, -0.2) is 0 Å². The first-order valence-corrected chi connectivity index (χ1v) is 9.09. The molecular formula is C17H22Cl2F3N3O. The zero-order valence-electron chi connectivity index (χ0n) is 14.6. The van der Waals surface area contributed by atoms with Crippen molar-refractivity contribution < 1.29 is 18.0 Å². The van der Waals surface area contributed by atoms with Crippen molar-refractivity contribution in [2.24, 2.45) is 5.92 Å². The van der Waals surface area contributed by atoms with Gasteiger partial charge in [-0.3, -0.25) is 14.6 Å². The van der Waals surface area contributed by atoms with Gasteiger partial charge in [0.25, 0.3) is 0 Å². The van der Waals surface area contributed by atoms with E-state index in [-0.39, 0.29) is 37.5 Å². The van der Waals surface area contributed by atoms with Gasteiger partial charge in [-0.15, -0.1) is 0 Å². The lowest BCUT2D eigenvalue weighted by molar-refractivity contribution is -0.153. The summed E-state index contributed by atoms with van der Waals surface area (Å²) in [5.41, 5.74) is 0.418. The summed E-state index contributed by atoms with van der Waals surface area (Å²) in [5.74, 6) is -0.155. The van der Waals surface area contributed by atoms with Gasteiger partial charge in [0.1, 0.15) is 0 Å². The molecule has 1 aliphatic heterocycles. The van der Waals surface area contributed by atoms with Crippen LogP contribution in [0.1, 0.15) is 13.8 Å². The van der Waals surface area contributed by atoms with Crippen LogP contribution in [0, 0.1) is 5.92 Å². The Morgan fingerprint density at radius 2 is 2.00 bits per heavy atom. The Balaban J connectivity index is 1.99. The van der Waals surface area contributed by atoms with E-state index in [2.05, 4.69) is 5.32 Å². The molecule has 1 heterocycles. The van der Waals surface area contributed by atoms with E-state index in [1.165, 1.54) is 4.90 Å². The van der Waals surface area contributed by atoms with Crippen molar-refractivity contribution in [2.75, 3.05) is 38.0 Å². The standard InChI is InChI=1S/C17H22Cl2F3N3O/c1-11(2)15-8-24(10-17(20,21)22)5-6-25(15)9-16(26)23-14-7-12(18)3-4-13(14)19/h3-4,7,11,15H,5-6,8-10H2,1-2H3,(H,23,26)/t15-/m1/s1. The molecule has 4 nitrogen and oxygen atoms in total.